The second-order valence-electron chi connectivity index (χ2n) is 6.01. The Kier molecular flexibility index (Phi) is 5.03. The van der Waals surface area contributed by atoms with Gasteiger partial charge in [0.15, 0.2) is 9.84 Å². The van der Waals surface area contributed by atoms with Crippen LogP contribution in [0.3, 0.4) is 0 Å². The number of nitrogens with one attached hydrogen (secondary N) is 1. The van der Waals surface area contributed by atoms with Crippen molar-refractivity contribution in [2.45, 2.75) is 23.0 Å². The van der Waals surface area contributed by atoms with Gasteiger partial charge in [-0.2, -0.15) is 0 Å². The van der Waals surface area contributed by atoms with Crippen LogP contribution in [-0.2, 0) is 14.6 Å². The van der Waals surface area contributed by atoms with E-state index in [9.17, 15) is 13.2 Å². The molecule has 7 heteroatoms. The molecule has 132 valence electrons. The summed E-state index contributed by atoms with van der Waals surface area (Å²) in [6.45, 7) is 0.0232. The second-order valence-corrected chi connectivity index (χ2v) is 8.15. The fourth-order valence-corrected chi connectivity index (χ4v) is 4.23. The highest BCUT2D eigenvalue weighted by molar-refractivity contribution is 7.91. The minimum Gasteiger partial charge on any atom is -0.497 e. The molecule has 1 aliphatic carbocycles. The van der Waals surface area contributed by atoms with E-state index in [4.69, 9.17) is 4.74 Å². The quantitative estimate of drug-likeness (QED) is 0.817. The maximum Gasteiger partial charge on any atom is 0.223 e. The fraction of sp³-hybridized carbons (Fsp3) is 0.333. The second kappa shape index (κ2) is 7.23. The lowest BCUT2D eigenvalue weighted by Gasteiger charge is -2.19. The number of rotatable bonds is 7. The van der Waals surface area contributed by atoms with Gasteiger partial charge in [0.25, 0.3) is 0 Å². The van der Waals surface area contributed by atoms with E-state index < -0.39 is 15.1 Å². The largest absolute Gasteiger partial charge is 0.497 e. The predicted octanol–water partition coefficient (Wildman–Crippen LogP) is 2.13. The number of ether oxygens (including phenoxy) is 1. The fourth-order valence-electron chi connectivity index (χ4n) is 2.59. The maximum absolute atomic E-state index is 13.1. The molecule has 1 fully saturated rings. The number of carbonyl (C=O) groups excluding carboxylic acids is 1. The molecule has 0 saturated heterocycles. The van der Waals surface area contributed by atoms with Gasteiger partial charge in [-0.15, -0.1) is 0 Å². The van der Waals surface area contributed by atoms with Crippen molar-refractivity contribution in [1.29, 1.82) is 0 Å². The van der Waals surface area contributed by atoms with E-state index in [1.807, 2.05) is 0 Å². The first-order valence-corrected chi connectivity index (χ1v) is 9.62. The number of hydrogen-bond donors (Lipinski definition) is 1. The van der Waals surface area contributed by atoms with Gasteiger partial charge in [-0.3, -0.25) is 9.78 Å². The molecule has 1 amide bonds. The summed E-state index contributed by atoms with van der Waals surface area (Å²) in [5.74, 6) is 0.524. The van der Waals surface area contributed by atoms with E-state index >= 15 is 0 Å². The third-order valence-corrected chi connectivity index (χ3v) is 6.35. The van der Waals surface area contributed by atoms with Gasteiger partial charge in [0.2, 0.25) is 5.91 Å². The Morgan fingerprint density at radius 1 is 1.28 bits per heavy atom. The topological polar surface area (TPSA) is 85.4 Å². The molecule has 1 saturated carbocycles. The molecular weight excluding hydrogens is 340 g/mol. The average Bonchev–Trinajstić information content (AvgIpc) is 3.48. The summed E-state index contributed by atoms with van der Waals surface area (Å²) < 4.78 is 31.3. The molecule has 0 radical (unpaired) electrons. The Labute approximate surface area is 147 Å². The van der Waals surface area contributed by atoms with Gasteiger partial charge < -0.3 is 10.1 Å². The number of nitrogens with zero attached hydrogens (tertiary/aromatic N) is 1. The molecule has 2 aromatic rings. The monoisotopic (exact) mass is 360 g/mol. The summed E-state index contributed by atoms with van der Waals surface area (Å²) in [6.07, 6.45) is 4.85. The van der Waals surface area contributed by atoms with Gasteiger partial charge in [-0.25, -0.2) is 8.42 Å². The first-order valence-electron chi connectivity index (χ1n) is 8.08. The molecule has 3 rings (SSSR count). The molecule has 1 heterocycles. The molecule has 25 heavy (non-hydrogen) atoms. The number of sulfone groups is 1. The van der Waals surface area contributed by atoms with Crippen LogP contribution < -0.4 is 10.1 Å². The van der Waals surface area contributed by atoms with Gasteiger partial charge in [-0.05, 0) is 48.7 Å². The van der Waals surface area contributed by atoms with Crippen LogP contribution in [0.1, 0.15) is 23.7 Å². The molecule has 1 N–H and O–H groups in total. The van der Waals surface area contributed by atoms with Gasteiger partial charge in [0.1, 0.15) is 11.0 Å². The van der Waals surface area contributed by atoms with Crippen molar-refractivity contribution in [3.8, 4) is 5.75 Å². The van der Waals surface area contributed by atoms with Crippen molar-refractivity contribution in [2.75, 3.05) is 13.7 Å². The molecule has 1 aliphatic rings. The first kappa shape index (κ1) is 17.4. The Hall–Kier alpha value is -2.41. The molecular formula is C18H20N2O4S. The Morgan fingerprint density at radius 2 is 2.00 bits per heavy atom. The van der Waals surface area contributed by atoms with E-state index in [1.165, 1.54) is 25.4 Å². The average molecular weight is 360 g/mol. The first-order chi connectivity index (χ1) is 12.0. The van der Waals surface area contributed by atoms with Crippen LogP contribution in [0.25, 0.3) is 0 Å². The summed E-state index contributed by atoms with van der Waals surface area (Å²) >= 11 is 0. The van der Waals surface area contributed by atoms with Gasteiger partial charge >= 0.3 is 0 Å². The molecule has 0 bridgehead atoms. The van der Waals surface area contributed by atoms with Crippen LogP contribution in [0, 0.1) is 5.92 Å². The normalized spacial score (nSPS) is 15.4. The lowest BCUT2D eigenvalue weighted by molar-refractivity contribution is -0.122. The number of aromatic nitrogens is 1. The minimum atomic E-state index is -3.69. The molecule has 0 spiro atoms. The van der Waals surface area contributed by atoms with E-state index in [2.05, 4.69) is 10.3 Å². The van der Waals surface area contributed by atoms with E-state index in [1.54, 1.807) is 30.5 Å². The van der Waals surface area contributed by atoms with Gasteiger partial charge in [-0.1, -0.05) is 6.07 Å². The predicted molar refractivity (Wildman–Crippen MR) is 92.9 cm³/mol. The minimum absolute atomic E-state index is 0.0232. The van der Waals surface area contributed by atoms with Crippen LogP contribution >= 0.6 is 0 Å². The van der Waals surface area contributed by atoms with Crippen molar-refractivity contribution >= 4 is 15.7 Å². The number of amides is 1. The standard InChI is InChI=1S/C18H20N2O4S/c1-24-15-6-8-16(9-7-15)25(22,23)17(14-3-2-10-19-11-14)12-20-18(21)13-4-5-13/h2-3,6-11,13,17H,4-5,12H2,1H3,(H,20,21). The zero-order valence-electron chi connectivity index (χ0n) is 13.9. The van der Waals surface area contributed by atoms with E-state index in [0.29, 0.717) is 11.3 Å². The lowest BCUT2D eigenvalue weighted by Crippen LogP contribution is -2.32. The van der Waals surface area contributed by atoms with Crippen molar-refractivity contribution in [3.05, 3.63) is 54.4 Å². The molecule has 1 atom stereocenters. The van der Waals surface area contributed by atoms with Crippen LogP contribution in [0.5, 0.6) is 5.75 Å². The smallest absolute Gasteiger partial charge is 0.223 e. The summed E-state index contributed by atoms with van der Waals surface area (Å²) in [5, 5.41) is 1.88. The highest BCUT2D eigenvalue weighted by Gasteiger charge is 2.33. The molecule has 1 unspecified atom stereocenters. The molecule has 1 aromatic heterocycles. The summed E-state index contributed by atoms with van der Waals surface area (Å²) in [7, 11) is -2.17. The molecule has 1 aromatic carbocycles. The van der Waals surface area contributed by atoms with E-state index in [0.717, 1.165) is 12.8 Å². The Balaban J connectivity index is 1.89. The SMILES string of the molecule is COc1ccc(S(=O)(=O)C(CNC(=O)C2CC2)c2cccnc2)cc1. The third-order valence-electron chi connectivity index (χ3n) is 4.23. The molecule has 6 nitrogen and oxygen atoms in total. The van der Waals surface area contributed by atoms with Crippen molar-refractivity contribution in [2.24, 2.45) is 5.92 Å². The highest BCUT2D eigenvalue weighted by Crippen LogP contribution is 2.31. The van der Waals surface area contributed by atoms with Gasteiger partial charge in [0.05, 0.1) is 12.0 Å². The number of pyridine rings is 1. The number of hydrogen-bond acceptors (Lipinski definition) is 5. The van der Waals surface area contributed by atoms with Crippen LogP contribution in [-0.4, -0.2) is 33.0 Å². The lowest BCUT2D eigenvalue weighted by atomic mass is 10.2. The van der Waals surface area contributed by atoms with Crippen molar-refractivity contribution in [1.82, 2.24) is 10.3 Å². The zero-order valence-corrected chi connectivity index (χ0v) is 14.7. The summed E-state index contributed by atoms with van der Waals surface area (Å²) in [5.41, 5.74) is 0.550. The van der Waals surface area contributed by atoms with E-state index in [-0.39, 0.29) is 23.3 Å². The highest BCUT2D eigenvalue weighted by atomic mass is 32.2. The zero-order chi connectivity index (χ0) is 17.9. The Bertz CT molecular complexity index is 831. The van der Waals surface area contributed by atoms with Crippen LogP contribution in [0.4, 0.5) is 0 Å². The van der Waals surface area contributed by atoms with Crippen molar-refractivity contribution in [3.63, 3.8) is 0 Å². The summed E-state index contributed by atoms with van der Waals surface area (Å²) in [6, 6.07) is 9.64. The summed E-state index contributed by atoms with van der Waals surface area (Å²) in [4.78, 5) is 16.2. The van der Waals surface area contributed by atoms with Gasteiger partial charge in [0, 0.05) is 24.9 Å². The van der Waals surface area contributed by atoms with Crippen LogP contribution in [0.15, 0.2) is 53.7 Å². The van der Waals surface area contributed by atoms with Crippen LogP contribution in [0.2, 0.25) is 0 Å². The molecule has 0 aliphatic heterocycles. The number of benzene rings is 1. The number of carbonyl (C=O) groups is 1. The number of methoxy groups -OCH3 is 1. The maximum atomic E-state index is 13.1. The Morgan fingerprint density at radius 3 is 2.56 bits per heavy atom. The van der Waals surface area contributed by atoms with Crippen molar-refractivity contribution < 1.29 is 17.9 Å². The third kappa shape index (κ3) is 3.99.